The first kappa shape index (κ1) is 8.38. The van der Waals surface area contributed by atoms with Gasteiger partial charge in [0.1, 0.15) is 5.82 Å². The summed E-state index contributed by atoms with van der Waals surface area (Å²) < 4.78 is 25.0. The largest absolute Gasteiger partial charge is 0.396 e. The van der Waals surface area contributed by atoms with Crippen LogP contribution in [0.25, 0.3) is 0 Å². The molecule has 12 heavy (non-hydrogen) atoms. The van der Waals surface area contributed by atoms with Crippen LogP contribution < -0.4 is 5.73 Å². The number of hydrogen-bond acceptors (Lipinski definition) is 3. The van der Waals surface area contributed by atoms with Crippen molar-refractivity contribution in [2.75, 3.05) is 5.73 Å². The summed E-state index contributed by atoms with van der Waals surface area (Å²) in [6.45, 7) is 0. The minimum atomic E-state index is -1.23. The van der Waals surface area contributed by atoms with Gasteiger partial charge in [-0.15, -0.1) is 0 Å². The van der Waals surface area contributed by atoms with Gasteiger partial charge >= 0.3 is 5.69 Å². The molecule has 0 saturated carbocycles. The van der Waals surface area contributed by atoms with Gasteiger partial charge in [0.25, 0.3) is 0 Å². The number of anilines is 1. The van der Waals surface area contributed by atoms with Crippen molar-refractivity contribution >= 4 is 11.4 Å². The summed E-state index contributed by atoms with van der Waals surface area (Å²) in [6, 6.07) is 1.03. The standard InChI is InChI=1S/C6H4F2N2O2/c7-3-1-4(8)6(10(11)12)2-5(3)9/h1-2H,9H2. The molecular weight excluding hydrogens is 170 g/mol. The fourth-order valence-electron chi connectivity index (χ4n) is 0.694. The summed E-state index contributed by atoms with van der Waals surface area (Å²) in [7, 11) is 0. The van der Waals surface area contributed by atoms with Crippen LogP contribution in [0.1, 0.15) is 0 Å². The fraction of sp³-hybridized carbons (Fsp3) is 0. The van der Waals surface area contributed by atoms with Crippen LogP contribution in [0.5, 0.6) is 0 Å². The SMILES string of the molecule is Nc1cc([N+](=O)[O-])c(F)cc1F. The number of hydrogen-bond donors (Lipinski definition) is 1. The predicted octanol–water partition coefficient (Wildman–Crippen LogP) is 1.46. The van der Waals surface area contributed by atoms with Crippen LogP contribution in [0.15, 0.2) is 12.1 Å². The number of nitrogens with two attached hydrogens (primary N) is 1. The highest BCUT2D eigenvalue weighted by Crippen LogP contribution is 2.22. The van der Waals surface area contributed by atoms with Crippen LogP contribution in [0, 0.1) is 21.7 Å². The number of nitrogen functional groups attached to an aromatic ring is 1. The molecule has 0 aliphatic heterocycles. The number of rotatable bonds is 1. The van der Waals surface area contributed by atoms with E-state index in [0.29, 0.717) is 12.1 Å². The second-order valence-electron chi connectivity index (χ2n) is 2.08. The van der Waals surface area contributed by atoms with Crippen LogP contribution in [-0.2, 0) is 0 Å². The summed E-state index contributed by atoms with van der Waals surface area (Å²) >= 11 is 0. The van der Waals surface area contributed by atoms with E-state index >= 15 is 0 Å². The molecule has 6 heteroatoms. The Morgan fingerprint density at radius 2 is 1.92 bits per heavy atom. The number of benzene rings is 1. The van der Waals surface area contributed by atoms with Gasteiger partial charge < -0.3 is 5.73 Å². The van der Waals surface area contributed by atoms with Gasteiger partial charge in [-0.3, -0.25) is 10.1 Å². The van der Waals surface area contributed by atoms with Gasteiger partial charge in [0.15, 0.2) is 0 Å². The molecule has 1 aromatic carbocycles. The Labute approximate surface area is 65.8 Å². The highest BCUT2D eigenvalue weighted by molar-refractivity contribution is 5.49. The minimum Gasteiger partial charge on any atom is -0.396 e. The van der Waals surface area contributed by atoms with Gasteiger partial charge in [0.05, 0.1) is 10.6 Å². The Hall–Kier alpha value is -1.72. The highest BCUT2D eigenvalue weighted by Gasteiger charge is 2.16. The van der Waals surface area contributed by atoms with Crippen LogP contribution in [0.3, 0.4) is 0 Å². The van der Waals surface area contributed by atoms with Crippen molar-refractivity contribution in [1.82, 2.24) is 0 Å². The lowest BCUT2D eigenvalue weighted by Crippen LogP contribution is -1.97. The quantitative estimate of drug-likeness (QED) is 0.398. The molecule has 0 unspecified atom stereocenters. The van der Waals surface area contributed by atoms with E-state index in [1.807, 2.05) is 0 Å². The molecule has 64 valence electrons. The van der Waals surface area contributed by atoms with Crippen LogP contribution in [0.2, 0.25) is 0 Å². The molecule has 1 rings (SSSR count). The lowest BCUT2D eigenvalue weighted by atomic mass is 10.2. The van der Waals surface area contributed by atoms with E-state index in [1.165, 1.54) is 0 Å². The molecule has 0 saturated heterocycles. The summed E-state index contributed by atoms with van der Waals surface area (Å²) in [5, 5.41) is 10.1. The lowest BCUT2D eigenvalue weighted by Gasteiger charge is -1.96. The monoisotopic (exact) mass is 174 g/mol. The maximum absolute atomic E-state index is 12.5. The Kier molecular flexibility index (Phi) is 1.90. The minimum absolute atomic E-state index is 0.382. The van der Waals surface area contributed by atoms with E-state index in [1.54, 1.807) is 0 Å². The van der Waals surface area contributed by atoms with E-state index in [4.69, 9.17) is 5.73 Å². The zero-order valence-electron chi connectivity index (χ0n) is 5.75. The molecule has 0 aliphatic carbocycles. The van der Waals surface area contributed by atoms with Crippen molar-refractivity contribution in [2.45, 2.75) is 0 Å². The number of halogens is 2. The third kappa shape index (κ3) is 1.31. The molecule has 2 N–H and O–H groups in total. The van der Waals surface area contributed by atoms with Gasteiger partial charge in [-0.1, -0.05) is 0 Å². The normalized spacial score (nSPS) is 9.83. The predicted molar refractivity (Wildman–Crippen MR) is 37.4 cm³/mol. The molecule has 0 aromatic heterocycles. The van der Waals surface area contributed by atoms with Crippen molar-refractivity contribution < 1.29 is 13.7 Å². The first-order valence-electron chi connectivity index (χ1n) is 2.91. The Morgan fingerprint density at radius 3 is 2.42 bits per heavy atom. The van der Waals surface area contributed by atoms with Gasteiger partial charge in [-0.2, -0.15) is 4.39 Å². The lowest BCUT2D eigenvalue weighted by molar-refractivity contribution is -0.387. The summed E-state index contributed by atoms with van der Waals surface area (Å²) in [5.74, 6) is -2.23. The number of nitro groups is 1. The molecule has 0 heterocycles. The molecule has 0 aliphatic rings. The Balaban J connectivity index is 3.33. The van der Waals surface area contributed by atoms with Crippen LogP contribution in [-0.4, -0.2) is 4.92 Å². The van der Waals surface area contributed by atoms with E-state index in [-0.39, 0.29) is 0 Å². The van der Waals surface area contributed by atoms with Crippen LogP contribution in [0.4, 0.5) is 20.2 Å². The van der Waals surface area contributed by atoms with Crippen molar-refractivity contribution in [3.05, 3.63) is 33.9 Å². The molecule has 0 amide bonds. The van der Waals surface area contributed by atoms with Crippen molar-refractivity contribution in [3.8, 4) is 0 Å². The molecule has 0 spiro atoms. The van der Waals surface area contributed by atoms with Crippen LogP contribution >= 0.6 is 0 Å². The second kappa shape index (κ2) is 2.72. The average Bonchev–Trinajstić information content (AvgIpc) is 1.96. The zero-order valence-corrected chi connectivity index (χ0v) is 5.75. The molecule has 0 atom stereocenters. The smallest absolute Gasteiger partial charge is 0.307 e. The second-order valence-corrected chi connectivity index (χ2v) is 2.08. The molecule has 4 nitrogen and oxygen atoms in total. The van der Waals surface area contributed by atoms with E-state index in [0.717, 1.165) is 0 Å². The van der Waals surface area contributed by atoms with E-state index < -0.39 is 27.9 Å². The third-order valence-corrected chi connectivity index (χ3v) is 1.26. The van der Waals surface area contributed by atoms with Gasteiger partial charge in [0, 0.05) is 12.1 Å². The van der Waals surface area contributed by atoms with Crippen molar-refractivity contribution in [1.29, 1.82) is 0 Å². The zero-order chi connectivity index (χ0) is 9.30. The van der Waals surface area contributed by atoms with E-state index in [9.17, 15) is 18.9 Å². The maximum atomic E-state index is 12.5. The number of nitrogens with zero attached hydrogens (tertiary/aromatic N) is 1. The molecular formula is C6H4F2N2O2. The third-order valence-electron chi connectivity index (χ3n) is 1.26. The summed E-state index contributed by atoms with van der Waals surface area (Å²) in [4.78, 5) is 9.11. The summed E-state index contributed by atoms with van der Waals surface area (Å²) in [5.41, 5.74) is 3.71. The molecule has 0 radical (unpaired) electrons. The average molecular weight is 174 g/mol. The molecule has 0 fully saturated rings. The van der Waals surface area contributed by atoms with Gasteiger partial charge in [0.2, 0.25) is 5.82 Å². The van der Waals surface area contributed by atoms with Gasteiger partial charge in [-0.25, -0.2) is 4.39 Å². The molecule has 1 aromatic rings. The van der Waals surface area contributed by atoms with Crippen molar-refractivity contribution in [2.24, 2.45) is 0 Å². The first-order valence-corrected chi connectivity index (χ1v) is 2.91. The van der Waals surface area contributed by atoms with Gasteiger partial charge in [-0.05, 0) is 0 Å². The fourth-order valence-corrected chi connectivity index (χ4v) is 0.694. The first-order chi connectivity index (χ1) is 5.52. The topological polar surface area (TPSA) is 69.2 Å². The number of nitro benzene ring substituents is 1. The summed E-state index contributed by atoms with van der Waals surface area (Å²) in [6.07, 6.45) is 0. The Morgan fingerprint density at radius 1 is 1.33 bits per heavy atom. The Bertz CT molecular complexity index is 341. The van der Waals surface area contributed by atoms with E-state index in [2.05, 4.69) is 0 Å². The van der Waals surface area contributed by atoms with Crippen molar-refractivity contribution in [3.63, 3.8) is 0 Å². The molecule has 0 bridgehead atoms. The highest BCUT2D eigenvalue weighted by atomic mass is 19.1. The maximum Gasteiger partial charge on any atom is 0.307 e.